The molecule has 2 heterocycles. The van der Waals surface area contributed by atoms with Gasteiger partial charge in [0.2, 0.25) is 0 Å². The Bertz CT molecular complexity index is 803. The third-order valence-corrected chi connectivity index (χ3v) is 6.84. The van der Waals surface area contributed by atoms with Gasteiger partial charge in [0, 0.05) is 6.54 Å². The molecule has 1 aliphatic carbocycles. The minimum Gasteiger partial charge on any atom is -0.472 e. The van der Waals surface area contributed by atoms with E-state index in [1.807, 2.05) is 19.1 Å². The zero-order valence-electron chi connectivity index (χ0n) is 18.3. The Morgan fingerprint density at radius 3 is 2.55 bits per heavy atom. The fraction of sp³-hybridized carbons (Fsp3) is 0.625. The van der Waals surface area contributed by atoms with E-state index in [9.17, 15) is 4.79 Å². The van der Waals surface area contributed by atoms with Gasteiger partial charge in [0.05, 0.1) is 11.4 Å². The van der Waals surface area contributed by atoms with Crippen LogP contribution in [0.25, 0.3) is 0 Å². The molecule has 0 aromatic heterocycles. The molecule has 1 saturated carbocycles. The number of ether oxygens (including phenoxy) is 2. The number of nitrogens with zero attached hydrogens (tertiary/aromatic N) is 1. The van der Waals surface area contributed by atoms with Crippen molar-refractivity contribution in [2.45, 2.75) is 78.7 Å². The molecule has 0 amide bonds. The van der Waals surface area contributed by atoms with Gasteiger partial charge in [-0.15, -0.1) is 0 Å². The zero-order valence-corrected chi connectivity index (χ0v) is 18.3. The summed E-state index contributed by atoms with van der Waals surface area (Å²) in [6.07, 6.45) is 3.94. The molecule has 5 nitrogen and oxygen atoms in total. The summed E-state index contributed by atoms with van der Waals surface area (Å²) in [6.45, 7) is 11.7. The lowest BCUT2D eigenvalue weighted by atomic mass is 9.72. The van der Waals surface area contributed by atoms with Crippen LogP contribution in [0.15, 0.2) is 35.6 Å². The van der Waals surface area contributed by atoms with Gasteiger partial charge in [-0.1, -0.05) is 32.9 Å². The molecule has 2 atom stereocenters. The van der Waals surface area contributed by atoms with Crippen molar-refractivity contribution in [1.29, 1.82) is 0 Å². The summed E-state index contributed by atoms with van der Waals surface area (Å²) in [5, 5.41) is 3.52. The van der Waals surface area contributed by atoms with E-state index in [0.29, 0.717) is 22.7 Å². The number of nitrogens with one attached hydrogen (secondary N) is 1. The van der Waals surface area contributed by atoms with Crippen LogP contribution in [0.1, 0.15) is 60.3 Å². The molecule has 1 fully saturated rings. The van der Waals surface area contributed by atoms with E-state index in [4.69, 9.17) is 9.47 Å². The maximum atomic E-state index is 13.1. The van der Waals surface area contributed by atoms with E-state index in [0.717, 1.165) is 43.6 Å². The molecular formula is C24H34N2O3. The van der Waals surface area contributed by atoms with E-state index in [1.165, 1.54) is 0 Å². The summed E-state index contributed by atoms with van der Waals surface area (Å²) in [7, 11) is 0. The van der Waals surface area contributed by atoms with Crippen molar-refractivity contribution in [1.82, 2.24) is 0 Å². The molecule has 4 rings (SSSR count). The predicted octanol–water partition coefficient (Wildman–Crippen LogP) is 5.09. The van der Waals surface area contributed by atoms with Crippen molar-refractivity contribution >= 4 is 17.3 Å². The average molecular weight is 399 g/mol. The zero-order chi connectivity index (χ0) is 20.8. The molecule has 0 bridgehead atoms. The number of carbonyl (C=O) groups excluding carboxylic acids is 1. The molecule has 5 heteroatoms. The summed E-state index contributed by atoms with van der Waals surface area (Å²) < 4.78 is 12.1. The summed E-state index contributed by atoms with van der Waals surface area (Å²) in [6, 6.07) is 7.98. The topological polar surface area (TPSA) is 50.8 Å². The highest BCUT2D eigenvalue weighted by Crippen LogP contribution is 2.42. The van der Waals surface area contributed by atoms with Gasteiger partial charge in [-0.3, -0.25) is 0 Å². The second-order valence-corrected chi connectivity index (χ2v) is 9.65. The number of likely N-dealkylation sites (N-methyl/N-ethyl adjacent to an activating group) is 1. The third-order valence-electron chi connectivity index (χ3n) is 6.84. The Hall–Kier alpha value is -2.17. The van der Waals surface area contributed by atoms with Crippen molar-refractivity contribution in [3.63, 3.8) is 0 Å². The third kappa shape index (κ3) is 3.72. The highest BCUT2D eigenvalue weighted by atomic mass is 16.6. The lowest BCUT2D eigenvalue weighted by Crippen LogP contribution is -2.51. The van der Waals surface area contributed by atoms with Crippen LogP contribution in [-0.4, -0.2) is 30.9 Å². The summed E-state index contributed by atoms with van der Waals surface area (Å²) in [4.78, 5) is 15.4. The van der Waals surface area contributed by atoms with Crippen molar-refractivity contribution < 1.29 is 14.3 Å². The Morgan fingerprint density at radius 1 is 1.21 bits per heavy atom. The van der Waals surface area contributed by atoms with Gasteiger partial charge < -0.3 is 19.7 Å². The molecule has 0 spiro atoms. The quantitative estimate of drug-likeness (QED) is 0.719. The van der Waals surface area contributed by atoms with Crippen LogP contribution in [0.3, 0.4) is 0 Å². The van der Waals surface area contributed by atoms with Crippen LogP contribution in [0.5, 0.6) is 0 Å². The molecule has 0 saturated heterocycles. The first kappa shape index (κ1) is 20.1. The van der Waals surface area contributed by atoms with Gasteiger partial charge in [-0.2, -0.15) is 0 Å². The summed E-state index contributed by atoms with van der Waals surface area (Å²) in [5.74, 6) is 1.15. The van der Waals surface area contributed by atoms with Gasteiger partial charge in [0.15, 0.2) is 6.23 Å². The number of carbonyl (C=O) groups is 1. The first-order valence-corrected chi connectivity index (χ1v) is 11.0. The van der Waals surface area contributed by atoms with Crippen LogP contribution in [0.4, 0.5) is 11.4 Å². The summed E-state index contributed by atoms with van der Waals surface area (Å²) >= 11 is 0. The summed E-state index contributed by atoms with van der Waals surface area (Å²) in [5.41, 5.74) is 3.11. The van der Waals surface area contributed by atoms with Crippen LogP contribution >= 0.6 is 0 Å². The second kappa shape index (κ2) is 7.58. The van der Waals surface area contributed by atoms with Crippen LogP contribution < -0.4 is 10.2 Å². The van der Waals surface area contributed by atoms with Gasteiger partial charge in [0.1, 0.15) is 23.5 Å². The van der Waals surface area contributed by atoms with Crippen LogP contribution in [-0.2, 0) is 14.3 Å². The van der Waals surface area contributed by atoms with Gasteiger partial charge in [-0.05, 0) is 63.0 Å². The minimum absolute atomic E-state index is 0.0126. The maximum Gasteiger partial charge on any atom is 0.340 e. The monoisotopic (exact) mass is 398 g/mol. The molecule has 3 aliphatic rings. The number of anilines is 2. The normalized spacial score (nSPS) is 28.9. The second-order valence-electron chi connectivity index (χ2n) is 9.65. The minimum atomic E-state index is -0.225. The van der Waals surface area contributed by atoms with Crippen molar-refractivity contribution in [2.75, 3.05) is 16.8 Å². The van der Waals surface area contributed by atoms with E-state index in [-0.39, 0.29) is 24.3 Å². The molecule has 158 valence electrons. The Labute approximate surface area is 174 Å². The molecule has 29 heavy (non-hydrogen) atoms. The number of fused-ring (bicyclic) bond motifs is 2. The number of allylic oxidation sites excluding steroid dienone is 1. The van der Waals surface area contributed by atoms with E-state index < -0.39 is 0 Å². The van der Waals surface area contributed by atoms with Crippen molar-refractivity contribution in [3.8, 4) is 0 Å². The van der Waals surface area contributed by atoms with Crippen molar-refractivity contribution in [3.05, 3.63) is 35.6 Å². The predicted molar refractivity (Wildman–Crippen MR) is 116 cm³/mol. The first-order chi connectivity index (χ1) is 13.8. The number of benzene rings is 1. The molecule has 2 aliphatic heterocycles. The fourth-order valence-electron chi connectivity index (χ4n) is 5.09. The lowest BCUT2D eigenvalue weighted by Gasteiger charge is -2.40. The van der Waals surface area contributed by atoms with E-state index in [1.54, 1.807) is 0 Å². The van der Waals surface area contributed by atoms with E-state index in [2.05, 4.69) is 50.0 Å². The Kier molecular flexibility index (Phi) is 5.26. The van der Waals surface area contributed by atoms with Crippen LogP contribution in [0.2, 0.25) is 0 Å². The molecule has 1 aromatic carbocycles. The number of hydrogen-bond donors (Lipinski definition) is 1. The molecule has 0 unspecified atom stereocenters. The molecule has 1 N–H and O–H groups in total. The highest BCUT2D eigenvalue weighted by Gasteiger charge is 2.46. The van der Waals surface area contributed by atoms with E-state index >= 15 is 0 Å². The first-order valence-electron chi connectivity index (χ1n) is 11.0. The molecule has 1 aromatic rings. The van der Waals surface area contributed by atoms with Gasteiger partial charge in [0.25, 0.3) is 0 Å². The SMILES string of the molecule is CCN1c2ccccc2N[C@H]2C(C(=O)OC3CCC(C(C)(C)C)CC3)=C(C)O[C@@H]21. The standard InChI is InChI=1S/C24H34N2O3/c1-6-26-19-10-8-7-9-18(19)25-21-20(15(2)28-22(21)26)23(27)29-17-13-11-16(12-14-17)24(3,4)5/h7-10,16-17,21-22,25H,6,11-14H2,1-5H3/t16?,17?,21-,22-/m0/s1. The average Bonchev–Trinajstić information content (AvgIpc) is 3.01. The molecular weight excluding hydrogens is 364 g/mol. The number of hydrogen-bond acceptors (Lipinski definition) is 5. The number of esters is 1. The largest absolute Gasteiger partial charge is 0.472 e. The molecule has 0 radical (unpaired) electrons. The number of rotatable bonds is 3. The Balaban J connectivity index is 1.47. The van der Waals surface area contributed by atoms with Crippen LogP contribution in [0, 0.1) is 11.3 Å². The fourth-order valence-corrected chi connectivity index (χ4v) is 5.09. The van der Waals surface area contributed by atoms with Gasteiger partial charge in [-0.25, -0.2) is 4.79 Å². The lowest BCUT2D eigenvalue weighted by molar-refractivity contribution is -0.146. The van der Waals surface area contributed by atoms with Crippen molar-refractivity contribution in [2.24, 2.45) is 11.3 Å². The number of para-hydroxylation sites is 2. The smallest absolute Gasteiger partial charge is 0.340 e. The highest BCUT2D eigenvalue weighted by molar-refractivity contribution is 5.93. The maximum absolute atomic E-state index is 13.1. The van der Waals surface area contributed by atoms with Gasteiger partial charge >= 0.3 is 5.97 Å². The Morgan fingerprint density at radius 2 is 1.90 bits per heavy atom.